The lowest BCUT2D eigenvalue weighted by Gasteiger charge is -2.08. The van der Waals surface area contributed by atoms with Gasteiger partial charge in [-0.1, -0.05) is 17.7 Å². The smallest absolute Gasteiger partial charge is 0.0392 e. The van der Waals surface area contributed by atoms with E-state index in [1.807, 2.05) is 18.2 Å². The number of nitrogens with two attached hydrogens (primary N) is 1. The van der Waals surface area contributed by atoms with Crippen LogP contribution in [0.15, 0.2) is 29.8 Å². The number of allylic oxidation sites excluding steroid dienone is 1. The van der Waals surface area contributed by atoms with Gasteiger partial charge in [0.15, 0.2) is 0 Å². The van der Waals surface area contributed by atoms with Crippen LogP contribution >= 0.6 is 0 Å². The van der Waals surface area contributed by atoms with Crippen LogP contribution in [0.4, 0.5) is 11.4 Å². The average Bonchev–Trinajstić information content (AvgIpc) is 2.10. The van der Waals surface area contributed by atoms with Crippen molar-refractivity contribution >= 4 is 11.4 Å². The van der Waals surface area contributed by atoms with Crippen LogP contribution in [0.25, 0.3) is 0 Å². The van der Waals surface area contributed by atoms with Crippen LogP contribution in [-0.4, -0.2) is 6.54 Å². The molecule has 1 aromatic rings. The molecule has 0 unspecified atom stereocenters. The number of rotatable bonds is 3. The third-order valence-electron chi connectivity index (χ3n) is 2.06. The van der Waals surface area contributed by atoms with Crippen molar-refractivity contribution in [3.05, 3.63) is 35.4 Å². The molecule has 0 heterocycles. The van der Waals surface area contributed by atoms with Crippen molar-refractivity contribution in [1.29, 1.82) is 0 Å². The predicted molar refractivity (Wildman–Crippen MR) is 63.5 cm³/mol. The Morgan fingerprint density at radius 1 is 1.43 bits per heavy atom. The first-order valence-electron chi connectivity index (χ1n) is 4.83. The molecule has 0 atom stereocenters. The normalized spacial score (nSPS) is 9.64. The van der Waals surface area contributed by atoms with Crippen molar-refractivity contribution in [3.8, 4) is 0 Å². The fraction of sp³-hybridized carbons (Fsp3) is 0.333. The Hall–Kier alpha value is -1.44. The molecular weight excluding hydrogens is 172 g/mol. The summed E-state index contributed by atoms with van der Waals surface area (Å²) in [6.45, 7) is 7.11. The summed E-state index contributed by atoms with van der Waals surface area (Å²) in [5.41, 5.74) is 10.2. The zero-order chi connectivity index (χ0) is 10.6. The van der Waals surface area contributed by atoms with Gasteiger partial charge in [-0.15, -0.1) is 0 Å². The van der Waals surface area contributed by atoms with Crippen LogP contribution in [-0.2, 0) is 0 Å². The zero-order valence-corrected chi connectivity index (χ0v) is 9.09. The summed E-state index contributed by atoms with van der Waals surface area (Å²) in [4.78, 5) is 0. The van der Waals surface area contributed by atoms with Crippen molar-refractivity contribution in [2.75, 3.05) is 17.6 Å². The van der Waals surface area contributed by atoms with Crippen molar-refractivity contribution in [2.45, 2.75) is 20.8 Å². The molecule has 0 bridgehead atoms. The van der Waals surface area contributed by atoms with E-state index in [9.17, 15) is 0 Å². The van der Waals surface area contributed by atoms with Crippen LogP contribution in [0.3, 0.4) is 0 Å². The number of hydrogen-bond acceptors (Lipinski definition) is 2. The summed E-state index contributed by atoms with van der Waals surface area (Å²) in [6, 6.07) is 5.91. The molecule has 0 aliphatic rings. The summed E-state index contributed by atoms with van der Waals surface area (Å²) >= 11 is 0. The Kier molecular flexibility index (Phi) is 3.57. The molecule has 2 nitrogen and oxygen atoms in total. The fourth-order valence-corrected chi connectivity index (χ4v) is 1.20. The number of anilines is 2. The molecule has 0 aliphatic heterocycles. The van der Waals surface area contributed by atoms with Crippen molar-refractivity contribution in [3.63, 3.8) is 0 Å². The van der Waals surface area contributed by atoms with Crippen molar-refractivity contribution in [2.24, 2.45) is 0 Å². The van der Waals surface area contributed by atoms with E-state index < -0.39 is 0 Å². The Balaban J connectivity index is 2.67. The average molecular weight is 190 g/mol. The summed E-state index contributed by atoms with van der Waals surface area (Å²) in [5, 5.41) is 3.33. The second-order valence-corrected chi connectivity index (χ2v) is 3.74. The molecule has 0 saturated carbocycles. The van der Waals surface area contributed by atoms with Gasteiger partial charge in [-0.3, -0.25) is 0 Å². The van der Waals surface area contributed by atoms with Gasteiger partial charge in [0, 0.05) is 17.9 Å². The largest absolute Gasteiger partial charge is 0.399 e. The van der Waals surface area contributed by atoms with Gasteiger partial charge in [0.05, 0.1) is 0 Å². The maximum Gasteiger partial charge on any atom is 0.0392 e. The molecule has 3 N–H and O–H groups in total. The zero-order valence-electron chi connectivity index (χ0n) is 9.09. The van der Waals surface area contributed by atoms with Gasteiger partial charge in [0.25, 0.3) is 0 Å². The second-order valence-electron chi connectivity index (χ2n) is 3.74. The van der Waals surface area contributed by atoms with E-state index in [0.717, 1.165) is 17.9 Å². The highest BCUT2D eigenvalue weighted by atomic mass is 14.9. The third kappa shape index (κ3) is 3.13. The van der Waals surface area contributed by atoms with E-state index in [0.29, 0.717) is 0 Å². The topological polar surface area (TPSA) is 38.0 Å². The summed E-state index contributed by atoms with van der Waals surface area (Å²) in [7, 11) is 0. The molecular formula is C12H18N2. The molecule has 0 fully saturated rings. The van der Waals surface area contributed by atoms with Crippen LogP contribution in [0, 0.1) is 6.92 Å². The first-order valence-corrected chi connectivity index (χ1v) is 4.83. The minimum absolute atomic E-state index is 0.801. The van der Waals surface area contributed by atoms with Crippen molar-refractivity contribution in [1.82, 2.24) is 0 Å². The molecule has 0 spiro atoms. The molecule has 0 radical (unpaired) electrons. The molecule has 76 valence electrons. The van der Waals surface area contributed by atoms with E-state index >= 15 is 0 Å². The fourth-order valence-electron chi connectivity index (χ4n) is 1.20. The highest BCUT2D eigenvalue weighted by molar-refractivity contribution is 5.59. The quantitative estimate of drug-likeness (QED) is 0.568. The predicted octanol–water partition coefficient (Wildman–Crippen LogP) is 2.96. The second kappa shape index (κ2) is 4.70. The maximum atomic E-state index is 5.70. The van der Waals surface area contributed by atoms with Gasteiger partial charge in [0.1, 0.15) is 0 Å². The van der Waals surface area contributed by atoms with Gasteiger partial charge < -0.3 is 11.1 Å². The van der Waals surface area contributed by atoms with Crippen LogP contribution in [0.5, 0.6) is 0 Å². The molecule has 0 aliphatic carbocycles. The van der Waals surface area contributed by atoms with Crippen molar-refractivity contribution < 1.29 is 0 Å². The minimum atomic E-state index is 0.801. The Morgan fingerprint density at radius 3 is 2.79 bits per heavy atom. The summed E-state index contributed by atoms with van der Waals surface area (Å²) in [6.07, 6.45) is 2.16. The van der Waals surface area contributed by atoms with E-state index in [4.69, 9.17) is 5.73 Å². The third-order valence-corrected chi connectivity index (χ3v) is 2.06. The standard InChI is InChI=1S/C12H18N2/c1-9(2)6-7-14-12-8-11(13)5-4-10(12)3/h4-6,8,14H,7,13H2,1-3H3. The Morgan fingerprint density at radius 2 is 2.14 bits per heavy atom. The molecule has 1 rings (SSSR count). The van der Waals surface area contributed by atoms with Crippen LogP contribution in [0.1, 0.15) is 19.4 Å². The lowest BCUT2D eigenvalue weighted by molar-refractivity contribution is 1.25. The lowest BCUT2D eigenvalue weighted by atomic mass is 10.2. The van der Waals surface area contributed by atoms with Crippen LogP contribution in [0.2, 0.25) is 0 Å². The van der Waals surface area contributed by atoms with Gasteiger partial charge in [-0.2, -0.15) is 0 Å². The van der Waals surface area contributed by atoms with E-state index in [1.54, 1.807) is 0 Å². The molecule has 0 aromatic heterocycles. The molecule has 14 heavy (non-hydrogen) atoms. The number of hydrogen-bond donors (Lipinski definition) is 2. The Bertz CT molecular complexity index is 336. The minimum Gasteiger partial charge on any atom is -0.399 e. The summed E-state index contributed by atoms with van der Waals surface area (Å²) < 4.78 is 0. The van der Waals surface area contributed by atoms with Crippen LogP contribution < -0.4 is 11.1 Å². The summed E-state index contributed by atoms with van der Waals surface area (Å²) in [5.74, 6) is 0. The molecule has 0 saturated heterocycles. The van der Waals surface area contributed by atoms with E-state index in [-0.39, 0.29) is 0 Å². The van der Waals surface area contributed by atoms with Gasteiger partial charge >= 0.3 is 0 Å². The Labute approximate surface area is 85.8 Å². The number of nitrogen functional groups attached to an aromatic ring is 1. The number of nitrogens with one attached hydrogen (secondary N) is 1. The lowest BCUT2D eigenvalue weighted by Crippen LogP contribution is -2.01. The number of benzene rings is 1. The molecule has 0 amide bonds. The monoisotopic (exact) mass is 190 g/mol. The van der Waals surface area contributed by atoms with E-state index in [2.05, 4.69) is 32.2 Å². The van der Waals surface area contributed by atoms with E-state index in [1.165, 1.54) is 11.1 Å². The highest BCUT2D eigenvalue weighted by Crippen LogP contribution is 2.17. The maximum absolute atomic E-state index is 5.70. The first-order chi connectivity index (χ1) is 6.59. The van der Waals surface area contributed by atoms with Gasteiger partial charge in [-0.05, 0) is 38.5 Å². The van der Waals surface area contributed by atoms with Gasteiger partial charge in [0.2, 0.25) is 0 Å². The molecule has 1 aromatic carbocycles. The number of aryl methyl sites for hydroxylation is 1. The SMILES string of the molecule is CC(C)=CCNc1cc(N)ccc1C. The first kappa shape index (κ1) is 10.6. The van der Waals surface area contributed by atoms with Gasteiger partial charge in [-0.25, -0.2) is 0 Å². The molecule has 2 heteroatoms. The highest BCUT2D eigenvalue weighted by Gasteiger charge is 1.96.